The van der Waals surface area contributed by atoms with Crippen LogP contribution in [0.15, 0.2) is 24.4 Å². The van der Waals surface area contributed by atoms with Crippen LogP contribution in [0.3, 0.4) is 0 Å². The molecule has 1 aliphatic rings. The van der Waals surface area contributed by atoms with Crippen molar-refractivity contribution in [1.29, 1.82) is 0 Å². The zero-order chi connectivity index (χ0) is 19.6. The minimum atomic E-state index is -4.41. The van der Waals surface area contributed by atoms with Gasteiger partial charge in [0.2, 0.25) is 5.91 Å². The summed E-state index contributed by atoms with van der Waals surface area (Å²) in [5, 5.41) is 7.09. The summed E-state index contributed by atoms with van der Waals surface area (Å²) >= 11 is 0. The number of nitrogens with two attached hydrogens (primary N) is 1. The van der Waals surface area contributed by atoms with Gasteiger partial charge in [-0.15, -0.1) is 0 Å². The molecule has 0 unspecified atom stereocenters. The third kappa shape index (κ3) is 4.69. The Morgan fingerprint density at radius 2 is 2.19 bits per heavy atom. The van der Waals surface area contributed by atoms with Gasteiger partial charge in [0.25, 0.3) is 0 Å². The molecule has 2 aromatic rings. The van der Waals surface area contributed by atoms with Crippen LogP contribution in [0.1, 0.15) is 24.1 Å². The highest BCUT2D eigenvalue weighted by atomic mass is 19.4. The quantitative estimate of drug-likeness (QED) is 0.844. The number of hydrogen-bond donors (Lipinski definition) is 2. The molecule has 3 heterocycles. The largest absolute Gasteiger partial charge is 0.417 e. The topological polar surface area (TPSA) is 89.1 Å². The number of rotatable bonds is 4. The summed E-state index contributed by atoms with van der Waals surface area (Å²) < 4.78 is 39.4. The summed E-state index contributed by atoms with van der Waals surface area (Å²) in [5.41, 5.74) is 5.74. The minimum Gasteiger partial charge on any atom is -0.384 e. The van der Waals surface area contributed by atoms with Crippen molar-refractivity contribution >= 4 is 17.5 Å². The van der Waals surface area contributed by atoms with Gasteiger partial charge in [-0.3, -0.25) is 4.79 Å². The van der Waals surface area contributed by atoms with E-state index in [-0.39, 0.29) is 18.5 Å². The molecule has 0 radical (unpaired) electrons. The number of amides is 1. The van der Waals surface area contributed by atoms with Gasteiger partial charge in [0.1, 0.15) is 18.2 Å². The Bertz CT molecular complexity index is 802. The lowest BCUT2D eigenvalue weighted by molar-refractivity contribution is -0.137. The summed E-state index contributed by atoms with van der Waals surface area (Å²) in [6.45, 7) is 2.98. The molecule has 1 amide bonds. The molecule has 10 heteroatoms. The van der Waals surface area contributed by atoms with E-state index in [1.807, 2.05) is 4.90 Å². The summed E-state index contributed by atoms with van der Waals surface area (Å²) in [6.07, 6.45) is -1.98. The summed E-state index contributed by atoms with van der Waals surface area (Å²) in [6, 6.07) is 3.95. The maximum absolute atomic E-state index is 12.7. The number of carbonyl (C=O) groups is 1. The Morgan fingerprint density at radius 1 is 1.41 bits per heavy atom. The zero-order valence-electron chi connectivity index (χ0n) is 14.8. The van der Waals surface area contributed by atoms with Crippen molar-refractivity contribution in [3.63, 3.8) is 0 Å². The van der Waals surface area contributed by atoms with E-state index in [2.05, 4.69) is 15.4 Å². The van der Waals surface area contributed by atoms with Crippen molar-refractivity contribution < 1.29 is 18.0 Å². The number of nitrogens with one attached hydrogen (secondary N) is 1. The molecule has 0 aliphatic carbocycles. The van der Waals surface area contributed by atoms with Gasteiger partial charge < -0.3 is 16.0 Å². The van der Waals surface area contributed by atoms with Gasteiger partial charge in [0, 0.05) is 31.4 Å². The second-order valence-corrected chi connectivity index (χ2v) is 6.62. The summed E-state index contributed by atoms with van der Waals surface area (Å²) in [4.78, 5) is 18.1. The number of alkyl halides is 3. The average molecular weight is 382 g/mol. The van der Waals surface area contributed by atoms with Gasteiger partial charge in [-0.05, 0) is 31.9 Å². The third-order valence-corrected chi connectivity index (χ3v) is 4.41. The predicted octanol–water partition coefficient (Wildman–Crippen LogP) is 1.97. The van der Waals surface area contributed by atoms with Crippen molar-refractivity contribution in [2.75, 3.05) is 23.7 Å². The van der Waals surface area contributed by atoms with Gasteiger partial charge in [-0.1, -0.05) is 0 Å². The lowest BCUT2D eigenvalue weighted by atomic mass is 10.1. The monoisotopic (exact) mass is 382 g/mol. The smallest absolute Gasteiger partial charge is 0.384 e. The molecule has 1 saturated heterocycles. The minimum absolute atomic E-state index is 0.0225. The van der Waals surface area contributed by atoms with Gasteiger partial charge in [0.05, 0.1) is 11.3 Å². The summed E-state index contributed by atoms with van der Waals surface area (Å²) in [5.74, 6) is 0.674. The van der Waals surface area contributed by atoms with Gasteiger partial charge in [-0.2, -0.15) is 18.3 Å². The van der Waals surface area contributed by atoms with E-state index in [9.17, 15) is 18.0 Å². The molecular weight excluding hydrogens is 361 g/mol. The van der Waals surface area contributed by atoms with Crippen LogP contribution in [0, 0.1) is 6.92 Å². The molecule has 7 nitrogen and oxygen atoms in total. The number of pyridine rings is 1. The molecule has 0 bridgehead atoms. The fourth-order valence-electron chi connectivity index (χ4n) is 3.15. The summed E-state index contributed by atoms with van der Waals surface area (Å²) in [7, 11) is 0. The Hall–Kier alpha value is -2.78. The number of nitrogen functional groups attached to an aromatic ring is 1. The normalized spacial score (nSPS) is 17.8. The maximum Gasteiger partial charge on any atom is 0.417 e. The van der Waals surface area contributed by atoms with E-state index >= 15 is 0 Å². The first-order valence-electron chi connectivity index (χ1n) is 8.60. The average Bonchev–Trinajstić information content (AvgIpc) is 2.91. The number of aryl methyl sites for hydroxylation is 1. The number of anilines is 2. The highest BCUT2D eigenvalue weighted by Gasteiger charge is 2.31. The molecule has 1 aliphatic heterocycles. The number of piperidine rings is 1. The Labute approximate surface area is 154 Å². The van der Waals surface area contributed by atoms with Crippen LogP contribution < -0.4 is 16.0 Å². The molecular formula is C17H21F3N6O. The number of carbonyl (C=O) groups excluding carboxylic acids is 1. The number of hydrogen-bond acceptors (Lipinski definition) is 5. The van der Waals surface area contributed by atoms with Gasteiger partial charge in [-0.25, -0.2) is 9.67 Å². The van der Waals surface area contributed by atoms with Crippen LogP contribution in [-0.4, -0.2) is 39.8 Å². The van der Waals surface area contributed by atoms with E-state index < -0.39 is 11.7 Å². The van der Waals surface area contributed by atoms with Crippen LogP contribution in [0.25, 0.3) is 0 Å². The molecule has 3 N–H and O–H groups in total. The Balaban J connectivity index is 1.59. The third-order valence-electron chi connectivity index (χ3n) is 4.41. The fourth-order valence-corrected chi connectivity index (χ4v) is 3.15. The van der Waals surface area contributed by atoms with Crippen molar-refractivity contribution in [2.24, 2.45) is 0 Å². The van der Waals surface area contributed by atoms with E-state index in [4.69, 9.17) is 5.73 Å². The molecule has 27 heavy (non-hydrogen) atoms. The standard InChI is InChI=1S/C17H21F3N6O/c1-11-7-14(21)26(24-11)10-16(27)23-13-3-2-6-25(9-13)15-5-4-12(8-22-15)17(18,19)20/h4-5,7-8,13H,2-3,6,9-10,21H2,1H3,(H,23,27)/t13-/m0/s1. The first-order valence-corrected chi connectivity index (χ1v) is 8.60. The van der Waals surface area contributed by atoms with Crippen LogP contribution >= 0.6 is 0 Å². The Morgan fingerprint density at radius 3 is 2.78 bits per heavy atom. The van der Waals surface area contributed by atoms with E-state index in [0.29, 0.717) is 24.7 Å². The second kappa shape index (κ2) is 7.45. The van der Waals surface area contributed by atoms with Crippen LogP contribution in [0.4, 0.5) is 24.8 Å². The fraction of sp³-hybridized carbons (Fsp3) is 0.471. The van der Waals surface area contributed by atoms with E-state index in [1.54, 1.807) is 13.0 Å². The number of aromatic nitrogens is 3. The van der Waals surface area contributed by atoms with Crippen LogP contribution in [0.2, 0.25) is 0 Å². The molecule has 0 spiro atoms. The number of halogens is 3. The first kappa shape index (κ1) is 19.0. The second-order valence-electron chi connectivity index (χ2n) is 6.62. The first-order chi connectivity index (χ1) is 12.7. The van der Waals surface area contributed by atoms with Crippen molar-refractivity contribution in [1.82, 2.24) is 20.1 Å². The molecule has 0 saturated carbocycles. The zero-order valence-corrected chi connectivity index (χ0v) is 14.8. The molecule has 3 rings (SSSR count). The predicted molar refractivity (Wildman–Crippen MR) is 94.0 cm³/mol. The van der Waals surface area contributed by atoms with Crippen molar-refractivity contribution in [3.8, 4) is 0 Å². The highest BCUT2D eigenvalue weighted by molar-refractivity contribution is 5.76. The molecule has 0 aromatic carbocycles. The lowest BCUT2D eigenvalue weighted by Crippen LogP contribution is -2.48. The lowest BCUT2D eigenvalue weighted by Gasteiger charge is -2.34. The number of nitrogens with zero attached hydrogens (tertiary/aromatic N) is 4. The van der Waals surface area contributed by atoms with Crippen molar-refractivity contribution in [3.05, 3.63) is 35.7 Å². The van der Waals surface area contributed by atoms with E-state index in [0.717, 1.165) is 30.8 Å². The SMILES string of the molecule is Cc1cc(N)n(CC(=O)N[C@H]2CCCN(c3ccc(C(F)(F)F)cn3)C2)n1. The van der Waals surface area contributed by atoms with Crippen LogP contribution in [-0.2, 0) is 17.5 Å². The van der Waals surface area contributed by atoms with E-state index in [1.165, 1.54) is 10.7 Å². The molecule has 2 aromatic heterocycles. The Kier molecular flexibility index (Phi) is 5.24. The molecule has 1 atom stereocenters. The molecule has 1 fully saturated rings. The highest BCUT2D eigenvalue weighted by Crippen LogP contribution is 2.29. The van der Waals surface area contributed by atoms with Crippen LogP contribution in [0.5, 0.6) is 0 Å². The van der Waals surface area contributed by atoms with Crippen molar-refractivity contribution in [2.45, 2.75) is 38.5 Å². The molecule has 146 valence electrons. The van der Waals surface area contributed by atoms with Gasteiger partial charge >= 0.3 is 6.18 Å². The maximum atomic E-state index is 12.7. The van der Waals surface area contributed by atoms with Gasteiger partial charge in [0.15, 0.2) is 0 Å².